The molecule has 0 unspecified atom stereocenters. The molecule has 0 amide bonds. The van der Waals surface area contributed by atoms with Gasteiger partial charge in [-0.3, -0.25) is 14.8 Å². The molecular weight excluding hydrogens is 972 g/mol. The van der Waals surface area contributed by atoms with Gasteiger partial charge < -0.3 is 20.7 Å². The van der Waals surface area contributed by atoms with E-state index in [1.165, 1.54) is 16.9 Å². The van der Waals surface area contributed by atoms with Crippen LogP contribution in [-0.2, 0) is 13.1 Å². The number of nitrogens with one attached hydrogen (secondary N) is 3. The van der Waals surface area contributed by atoms with Gasteiger partial charge in [0.15, 0.2) is 17.4 Å². The Morgan fingerprint density at radius 1 is 0.770 bits per heavy atom. The lowest BCUT2D eigenvalue weighted by molar-refractivity contribution is 0.0702. The van der Waals surface area contributed by atoms with Gasteiger partial charge in [-0.15, -0.1) is 11.3 Å². The topological polar surface area (TPSA) is 170 Å². The first-order valence-electron chi connectivity index (χ1n) is 18.0. The van der Waals surface area contributed by atoms with Crippen LogP contribution in [0.3, 0.4) is 0 Å². The lowest BCUT2D eigenvalue weighted by Crippen LogP contribution is -1.99. The summed E-state index contributed by atoms with van der Waals surface area (Å²) in [6, 6.07) is 28.8. The molecule has 4 N–H and O–H groups in total. The fourth-order valence-corrected chi connectivity index (χ4v) is 7.98. The number of nitrogens with zero attached hydrogens (tertiary/aromatic N) is 6. The second-order valence-corrected chi connectivity index (χ2v) is 16.7. The number of carboxylic acid groups (broad SMARTS) is 1. The van der Waals surface area contributed by atoms with Gasteiger partial charge in [-0.1, -0.05) is 56.1 Å². The van der Waals surface area contributed by atoms with E-state index in [-0.39, 0.29) is 22.2 Å². The van der Waals surface area contributed by atoms with Crippen molar-refractivity contribution in [2.45, 2.75) is 20.0 Å². The summed E-state index contributed by atoms with van der Waals surface area (Å²) in [5, 5.41) is 17.1. The van der Waals surface area contributed by atoms with E-state index in [1.54, 1.807) is 31.5 Å². The van der Waals surface area contributed by atoms with Gasteiger partial charge in [0.25, 0.3) is 0 Å². The van der Waals surface area contributed by atoms with E-state index in [9.17, 15) is 14.0 Å². The summed E-state index contributed by atoms with van der Waals surface area (Å²) in [7, 11) is 0. The number of carboxylic acids is 1. The smallest absolute Gasteiger partial charge is 0.345 e. The Morgan fingerprint density at radius 2 is 1.41 bits per heavy atom. The molecule has 0 saturated heterocycles. The van der Waals surface area contributed by atoms with Gasteiger partial charge in [0.05, 0.1) is 25.0 Å². The molecule has 0 saturated carbocycles. The average Bonchev–Trinajstić information content (AvgIpc) is 4.06. The van der Waals surface area contributed by atoms with Gasteiger partial charge in [0.2, 0.25) is 10.6 Å². The van der Waals surface area contributed by atoms with Crippen molar-refractivity contribution < 1.29 is 19.1 Å². The van der Waals surface area contributed by atoms with Crippen molar-refractivity contribution in [3.63, 3.8) is 0 Å². The molecule has 18 heteroatoms. The van der Waals surface area contributed by atoms with Crippen LogP contribution in [0.5, 0.6) is 0 Å². The molecule has 2 aliphatic rings. The standard InChI is InChI=1S/C12H8ClFN4.C12H9ClN4.C10H8BrNO.C9H5BrO2S/c13-12-16-6-10(14)11(18-12)17-9-2-1-7-4-15-5-8(7)3-9;13-12-15-4-3-11(17-12)16-10-2-1-8-6-14-7-9(8)5-10;1-6(13)9-4-7-2-3-8(11)5-10(7)12-9;10-6-2-1-5-3-8(9(11)12)13-7(5)4-6/h1-3,5-6H,4H2,(H,16,17,18);1-5,7H,6H2,(H,15,16,17);2-5,12H,1H3;1-4H,(H,11,12). The Labute approximate surface area is 378 Å². The number of hydrogen-bond donors (Lipinski definition) is 4. The van der Waals surface area contributed by atoms with E-state index in [0.29, 0.717) is 22.9 Å². The number of carbonyl (C=O) groups is 2. The van der Waals surface area contributed by atoms with Gasteiger partial charge in [0, 0.05) is 61.5 Å². The zero-order valence-electron chi connectivity index (χ0n) is 31.6. The zero-order valence-corrected chi connectivity index (χ0v) is 37.1. The number of thiophene rings is 1. The summed E-state index contributed by atoms with van der Waals surface area (Å²) in [5.74, 6) is -0.608. The summed E-state index contributed by atoms with van der Waals surface area (Å²) in [6.07, 6.45) is 6.33. The third-order valence-electron chi connectivity index (χ3n) is 8.81. The molecule has 0 fully saturated rings. The highest BCUT2D eigenvalue weighted by Crippen LogP contribution is 2.29. The second kappa shape index (κ2) is 19.6. The number of aromatic carboxylic acids is 1. The number of ketones is 1. The van der Waals surface area contributed by atoms with Crippen molar-refractivity contribution in [1.29, 1.82) is 0 Å². The van der Waals surface area contributed by atoms with Gasteiger partial charge in [-0.25, -0.2) is 24.1 Å². The zero-order chi connectivity index (χ0) is 43.0. The number of anilines is 4. The second-order valence-electron chi connectivity index (χ2n) is 13.1. The molecule has 2 aliphatic heterocycles. The van der Waals surface area contributed by atoms with E-state index in [4.69, 9.17) is 28.3 Å². The minimum Gasteiger partial charge on any atom is -0.477 e. The molecule has 10 rings (SSSR count). The summed E-state index contributed by atoms with van der Waals surface area (Å²) < 4.78 is 16.4. The molecule has 61 heavy (non-hydrogen) atoms. The number of H-pyrrole nitrogens is 1. The number of hydrogen-bond acceptors (Lipinski definition) is 11. The van der Waals surface area contributed by atoms with Crippen LogP contribution in [0.4, 0.5) is 27.4 Å². The summed E-state index contributed by atoms with van der Waals surface area (Å²) in [4.78, 5) is 48.8. The van der Waals surface area contributed by atoms with Crippen molar-refractivity contribution in [2.24, 2.45) is 9.98 Å². The Morgan fingerprint density at radius 3 is 2.07 bits per heavy atom. The van der Waals surface area contributed by atoms with Crippen molar-refractivity contribution in [3.8, 4) is 0 Å². The van der Waals surface area contributed by atoms with E-state index in [0.717, 1.165) is 70.7 Å². The number of halogens is 5. The number of carbonyl (C=O) groups excluding carboxylic acids is 1. The quantitative estimate of drug-likeness (QED) is 0.0935. The number of aromatic nitrogens is 5. The molecule has 0 bridgehead atoms. The molecule has 306 valence electrons. The summed E-state index contributed by atoms with van der Waals surface area (Å²) in [6.45, 7) is 3.03. The third kappa shape index (κ3) is 11.5. The number of Topliss-reactive ketones (excluding diaryl/α,β-unsaturated/α-hetero) is 1. The van der Waals surface area contributed by atoms with Crippen LogP contribution in [-0.4, -0.2) is 54.2 Å². The predicted octanol–water partition coefficient (Wildman–Crippen LogP) is 12.2. The third-order valence-corrected chi connectivity index (χ3v) is 11.2. The first kappa shape index (κ1) is 43.2. The van der Waals surface area contributed by atoms with Crippen molar-refractivity contribution in [1.82, 2.24) is 24.9 Å². The minimum absolute atomic E-state index is 0.00150. The van der Waals surface area contributed by atoms with Crippen molar-refractivity contribution in [3.05, 3.63) is 162 Å². The molecule has 0 spiro atoms. The van der Waals surface area contributed by atoms with Gasteiger partial charge in [-0.2, -0.15) is 4.98 Å². The minimum atomic E-state index is -0.864. The molecule has 4 aromatic carbocycles. The number of aromatic amines is 1. The summed E-state index contributed by atoms with van der Waals surface area (Å²) >= 11 is 19.3. The van der Waals surface area contributed by atoms with Crippen LogP contribution in [0.1, 0.15) is 49.3 Å². The molecule has 0 atom stereocenters. The fraction of sp³-hybridized carbons (Fsp3) is 0.0698. The van der Waals surface area contributed by atoms with Gasteiger partial charge in [0.1, 0.15) is 10.7 Å². The van der Waals surface area contributed by atoms with E-state index >= 15 is 0 Å². The Hall–Kier alpha value is -5.91. The molecule has 12 nitrogen and oxygen atoms in total. The predicted molar refractivity (Wildman–Crippen MR) is 249 cm³/mol. The van der Waals surface area contributed by atoms with Crippen LogP contribution in [0, 0.1) is 5.82 Å². The highest BCUT2D eigenvalue weighted by Gasteiger charge is 2.11. The number of rotatable bonds is 6. The molecule has 6 heterocycles. The molecular formula is C43H30Br2Cl2FN9O3S. The number of fused-ring (bicyclic) bond motifs is 4. The molecule has 8 aromatic rings. The Bertz CT molecular complexity index is 2910. The van der Waals surface area contributed by atoms with Crippen LogP contribution >= 0.6 is 66.4 Å². The maximum absolute atomic E-state index is 13.5. The van der Waals surface area contributed by atoms with E-state index < -0.39 is 11.8 Å². The largest absolute Gasteiger partial charge is 0.477 e. The number of benzene rings is 4. The normalized spacial score (nSPS) is 11.7. The number of aliphatic imine (C=N–C) groups is 2. The van der Waals surface area contributed by atoms with Crippen molar-refractivity contribution in [2.75, 3.05) is 10.6 Å². The van der Waals surface area contributed by atoms with Crippen LogP contribution < -0.4 is 10.6 Å². The first-order valence-corrected chi connectivity index (χ1v) is 21.2. The Balaban J connectivity index is 0.000000124. The average molecular weight is 1000 g/mol. The van der Waals surface area contributed by atoms with Crippen molar-refractivity contribution >= 4 is 135 Å². The van der Waals surface area contributed by atoms with E-state index in [1.807, 2.05) is 79.0 Å². The van der Waals surface area contributed by atoms with Crippen LogP contribution in [0.2, 0.25) is 10.6 Å². The lowest BCUT2D eigenvalue weighted by Gasteiger charge is -2.07. The van der Waals surface area contributed by atoms with Crippen LogP contribution in [0.15, 0.2) is 122 Å². The van der Waals surface area contributed by atoms with Crippen LogP contribution in [0.25, 0.3) is 21.0 Å². The summed E-state index contributed by atoms with van der Waals surface area (Å²) in [5.41, 5.74) is 7.92. The fourth-order valence-electron chi connectivity index (χ4n) is 5.88. The SMILES string of the molecule is CC(=O)c1cc2ccc(Br)cc2[nH]1.Clc1nccc(Nc2ccc3c(c2)C=NC3)n1.Fc1cnc(Cl)nc1Nc1ccc2c(c1)C=NC2.O=C(O)c1cc2ccc(Br)cc2s1. The van der Waals surface area contributed by atoms with Gasteiger partial charge in [-0.05, 0) is 118 Å². The monoisotopic (exact) mass is 999 g/mol. The molecule has 0 aliphatic carbocycles. The lowest BCUT2D eigenvalue weighted by atomic mass is 10.1. The highest BCUT2D eigenvalue weighted by atomic mass is 79.9. The Kier molecular flexibility index (Phi) is 13.9. The van der Waals surface area contributed by atoms with E-state index in [2.05, 4.69) is 83.5 Å². The molecule has 4 aromatic heterocycles. The highest BCUT2D eigenvalue weighted by molar-refractivity contribution is 9.10. The maximum atomic E-state index is 13.5. The first-order chi connectivity index (χ1) is 29.4. The van der Waals surface area contributed by atoms with Gasteiger partial charge >= 0.3 is 5.97 Å². The molecule has 0 radical (unpaired) electrons. The maximum Gasteiger partial charge on any atom is 0.345 e.